The number of hydrogen-bond donors (Lipinski definition) is 0. The van der Waals surface area contributed by atoms with E-state index >= 15 is 0 Å². The van der Waals surface area contributed by atoms with Crippen LogP contribution in [0.5, 0.6) is 0 Å². The molecule has 0 aromatic carbocycles. The topological polar surface area (TPSA) is 46.4 Å². The van der Waals surface area contributed by atoms with E-state index < -0.39 is 0 Å². The molecule has 0 unspecified atom stereocenters. The molecule has 0 spiro atoms. The molecule has 4 heterocycles. The number of pyridine rings is 1. The van der Waals surface area contributed by atoms with E-state index in [-0.39, 0.29) is 0 Å². The van der Waals surface area contributed by atoms with Gasteiger partial charge in [-0.1, -0.05) is 6.07 Å². The maximum absolute atomic E-state index is 5.54. The Kier molecular flexibility index (Phi) is 4.76. The Balaban J connectivity index is 1.45. The zero-order chi connectivity index (χ0) is 16.2. The van der Waals surface area contributed by atoms with Crippen LogP contribution in [0.25, 0.3) is 0 Å². The molecule has 1 fully saturated rings. The Labute approximate surface area is 143 Å². The van der Waals surface area contributed by atoms with E-state index in [1.165, 1.54) is 12.0 Å². The molecular weight excluding hydrogens is 302 g/mol. The van der Waals surface area contributed by atoms with Crippen LogP contribution in [0.3, 0.4) is 0 Å². The van der Waals surface area contributed by atoms with Gasteiger partial charge in [-0.3, -0.25) is 9.58 Å². The quantitative estimate of drug-likeness (QED) is 0.835. The van der Waals surface area contributed by atoms with Gasteiger partial charge in [0.05, 0.1) is 13.2 Å². The van der Waals surface area contributed by atoms with Gasteiger partial charge in [0, 0.05) is 63.5 Å². The molecular formula is C18H25N5O. The Morgan fingerprint density at radius 1 is 1.17 bits per heavy atom. The molecule has 0 saturated carbocycles. The Morgan fingerprint density at radius 2 is 2.17 bits per heavy atom. The van der Waals surface area contributed by atoms with Crippen molar-refractivity contribution in [2.75, 3.05) is 44.3 Å². The highest BCUT2D eigenvalue weighted by Crippen LogP contribution is 2.24. The number of rotatable bonds is 5. The maximum atomic E-state index is 5.54. The molecule has 0 radical (unpaired) electrons. The average molecular weight is 327 g/mol. The first-order valence-electron chi connectivity index (χ1n) is 8.85. The van der Waals surface area contributed by atoms with Gasteiger partial charge in [0.15, 0.2) is 0 Å². The average Bonchev–Trinajstić information content (AvgIpc) is 3.26. The molecule has 1 saturated heterocycles. The molecule has 2 aliphatic heterocycles. The largest absolute Gasteiger partial charge is 0.381 e. The Hall–Kier alpha value is -1.92. The highest BCUT2D eigenvalue weighted by Gasteiger charge is 2.24. The molecule has 0 bridgehead atoms. The summed E-state index contributed by atoms with van der Waals surface area (Å²) in [7, 11) is 0. The van der Waals surface area contributed by atoms with Gasteiger partial charge >= 0.3 is 0 Å². The summed E-state index contributed by atoms with van der Waals surface area (Å²) in [5, 5.41) is 4.31. The van der Waals surface area contributed by atoms with E-state index in [2.05, 4.69) is 25.9 Å². The smallest absolute Gasteiger partial charge is 0.133 e. The van der Waals surface area contributed by atoms with Crippen LogP contribution in [0.1, 0.15) is 12.0 Å². The summed E-state index contributed by atoms with van der Waals surface area (Å²) < 4.78 is 7.53. The lowest BCUT2D eigenvalue weighted by Crippen LogP contribution is -2.36. The van der Waals surface area contributed by atoms with Crippen molar-refractivity contribution in [3.05, 3.63) is 42.4 Å². The lowest BCUT2D eigenvalue weighted by Gasteiger charge is -2.24. The Morgan fingerprint density at radius 3 is 3.00 bits per heavy atom. The van der Waals surface area contributed by atoms with Crippen LogP contribution in [0, 0.1) is 5.92 Å². The van der Waals surface area contributed by atoms with Gasteiger partial charge in [-0.2, -0.15) is 5.10 Å². The predicted octanol–water partition coefficient (Wildman–Crippen LogP) is 1.64. The van der Waals surface area contributed by atoms with E-state index in [9.17, 15) is 0 Å². The molecule has 0 aliphatic carbocycles. The summed E-state index contributed by atoms with van der Waals surface area (Å²) >= 11 is 0. The number of nitrogens with zero attached hydrogens (tertiary/aromatic N) is 5. The zero-order valence-corrected chi connectivity index (χ0v) is 14.0. The second-order valence-electron chi connectivity index (χ2n) is 6.71. The lowest BCUT2D eigenvalue weighted by molar-refractivity contribution is 0.166. The third-order valence-corrected chi connectivity index (χ3v) is 4.95. The first-order valence-corrected chi connectivity index (χ1v) is 8.85. The van der Waals surface area contributed by atoms with Gasteiger partial charge in [-0.15, -0.1) is 0 Å². The maximum Gasteiger partial charge on any atom is 0.133 e. The minimum atomic E-state index is 0.681. The van der Waals surface area contributed by atoms with Crippen molar-refractivity contribution in [2.24, 2.45) is 5.92 Å². The van der Waals surface area contributed by atoms with E-state index in [0.717, 1.165) is 58.3 Å². The third-order valence-electron chi connectivity index (χ3n) is 4.95. The fraction of sp³-hybridized carbons (Fsp3) is 0.556. The van der Waals surface area contributed by atoms with Crippen molar-refractivity contribution in [2.45, 2.75) is 19.5 Å². The van der Waals surface area contributed by atoms with Crippen LogP contribution in [0.15, 0.2) is 36.8 Å². The van der Waals surface area contributed by atoms with Crippen LogP contribution >= 0.6 is 0 Å². The summed E-state index contributed by atoms with van der Waals surface area (Å²) in [5.74, 6) is 1.82. The molecule has 24 heavy (non-hydrogen) atoms. The van der Waals surface area contributed by atoms with Crippen molar-refractivity contribution >= 4 is 5.82 Å². The SMILES string of the molecule is c1cnc2c(c1)CN(C[C@@H]1CCOC1)CCN2CCn1cccn1. The molecule has 0 amide bonds. The van der Waals surface area contributed by atoms with E-state index in [1.54, 1.807) is 0 Å². The monoisotopic (exact) mass is 327 g/mol. The number of ether oxygens (including phenoxy) is 1. The minimum Gasteiger partial charge on any atom is -0.381 e. The van der Waals surface area contributed by atoms with Crippen LogP contribution in [-0.4, -0.2) is 59.1 Å². The van der Waals surface area contributed by atoms with Crippen LogP contribution in [0.4, 0.5) is 5.82 Å². The molecule has 128 valence electrons. The summed E-state index contributed by atoms with van der Waals surface area (Å²) in [5.41, 5.74) is 1.33. The fourth-order valence-electron chi connectivity index (χ4n) is 3.65. The van der Waals surface area contributed by atoms with Gasteiger partial charge in [0.2, 0.25) is 0 Å². The second-order valence-corrected chi connectivity index (χ2v) is 6.71. The molecule has 4 rings (SSSR count). The predicted molar refractivity (Wildman–Crippen MR) is 92.9 cm³/mol. The summed E-state index contributed by atoms with van der Waals surface area (Å²) in [6.07, 6.45) is 6.95. The summed E-state index contributed by atoms with van der Waals surface area (Å²) in [6.45, 7) is 7.86. The molecule has 2 aromatic rings. The number of fused-ring (bicyclic) bond motifs is 1. The van der Waals surface area contributed by atoms with Gasteiger partial charge in [-0.25, -0.2) is 4.98 Å². The second kappa shape index (κ2) is 7.32. The van der Waals surface area contributed by atoms with E-state index in [0.29, 0.717) is 5.92 Å². The van der Waals surface area contributed by atoms with Crippen LogP contribution in [-0.2, 0) is 17.8 Å². The van der Waals surface area contributed by atoms with Crippen molar-refractivity contribution in [1.82, 2.24) is 19.7 Å². The van der Waals surface area contributed by atoms with E-state index in [4.69, 9.17) is 4.74 Å². The van der Waals surface area contributed by atoms with Gasteiger partial charge in [0.1, 0.15) is 5.82 Å². The summed E-state index contributed by atoms with van der Waals surface area (Å²) in [6, 6.07) is 6.24. The van der Waals surface area contributed by atoms with Gasteiger partial charge in [-0.05, 0) is 24.5 Å². The van der Waals surface area contributed by atoms with Crippen LogP contribution in [0.2, 0.25) is 0 Å². The summed E-state index contributed by atoms with van der Waals surface area (Å²) in [4.78, 5) is 9.64. The van der Waals surface area contributed by atoms with Gasteiger partial charge < -0.3 is 9.64 Å². The first-order chi connectivity index (χ1) is 11.9. The molecule has 6 heteroatoms. The minimum absolute atomic E-state index is 0.681. The number of anilines is 1. The molecule has 0 N–H and O–H groups in total. The molecule has 2 aliphatic rings. The third kappa shape index (κ3) is 3.60. The van der Waals surface area contributed by atoms with Crippen LogP contribution < -0.4 is 4.90 Å². The van der Waals surface area contributed by atoms with Crippen molar-refractivity contribution in [3.63, 3.8) is 0 Å². The zero-order valence-electron chi connectivity index (χ0n) is 14.0. The van der Waals surface area contributed by atoms with Crippen molar-refractivity contribution in [1.29, 1.82) is 0 Å². The Bertz CT molecular complexity index is 639. The molecule has 2 aromatic heterocycles. The standard InChI is InChI=1S/C18H25N5O/c1-3-17-14-21(13-16-4-12-24-15-16)8-9-22(18(17)19-5-1)10-11-23-7-2-6-20-23/h1-3,5-7,16H,4,8-15H2/t16-/m0/s1. The van der Waals surface area contributed by atoms with Crippen molar-refractivity contribution < 1.29 is 4.74 Å². The lowest BCUT2D eigenvalue weighted by atomic mass is 10.1. The molecule has 1 atom stereocenters. The first kappa shape index (κ1) is 15.6. The van der Waals surface area contributed by atoms with Crippen molar-refractivity contribution in [3.8, 4) is 0 Å². The number of hydrogen-bond acceptors (Lipinski definition) is 5. The fourth-order valence-corrected chi connectivity index (χ4v) is 3.65. The van der Waals surface area contributed by atoms with Gasteiger partial charge in [0.25, 0.3) is 0 Å². The molecule has 6 nitrogen and oxygen atoms in total. The number of aromatic nitrogens is 3. The highest BCUT2D eigenvalue weighted by molar-refractivity contribution is 5.47. The normalized spacial score (nSPS) is 21.7. The van der Waals surface area contributed by atoms with E-state index in [1.807, 2.05) is 35.4 Å². The highest BCUT2D eigenvalue weighted by atomic mass is 16.5.